The van der Waals surface area contributed by atoms with Crippen molar-refractivity contribution < 1.29 is 9.15 Å². The van der Waals surface area contributed by atoms with E-state index in [0.717, 1.165) is 6.42 Å². The summed E-state index contributed by atoms with van der Waals surface area (Å²) in [6.45, 7) is 0.119. The molecule has 1 aliphatic carbocycles. The van der Waals surface area contributed by atoms with Crippen molar-refractivity contribution in [3.05, 3.63) is 36.8 Å². The number of hydrogen-bond donors (Lipinski definition) is 3. The van der Waals surface area contributed by atoms with Gasteiger partial charge in [0.05, 0.1) is 0 Å². The predicted octanol–water partition coefficient (Wildman–Crippen LogP) is 1.31. The second kappa shape index (κ2) is 7.04. The Morgan fingerprint density at radius 3 is 2.67 bits per heavy atom. The molecule has 1 aliphatic rings. The lowest BCUT2D eigenvalue weighted by Crippen LogP contribution is -2.26. The average molecular weight is 335 g/mol. The van der Waals surface area contributed by atoms with Gasteiger partial charge in [0.25, 0.3) is 5.56 Å². The van der Waals surface area contributed by atoms with E-state index in [-0.39, 0.29) is 23.5 Å². The van der Waals surface area contributed by atoms with Crippen molar-refractivity contribution in [3.63, 3.8) is 0 Å². The van der Waals surface area contributed by atoms with Gasteiger partial charge in [0, 0.05) is 12.7 Å². The van der Waals surface area contributed by atoms with Crippen LogP contribution in [-0.4, -0.2) is 23.8 Å². The zero-order valence-electron chi connectivity index (χ0n) is 13.6. The number of aromatic nitrogens is 2. The van der Waals surface area contributed by atoms with Gasteiger partial charge >= 0.3 is 11.3 Å². The largest absolute Gasteiger partial charge is 0.404 e. The van der Waals surface area contributed by atoms with Crippen LogP contribution in [0.5, 0.6) is 0 Å². The number of aryl methyl sites for hydroxylation is 1. The molecule has 0 saturated heterocycles. The summed E-state index contributed by atoms with van der Waals surface area (Å²) in [4.78, 5) is 40.5. The first-order chi connectivity index (χ1) is 11.6. The molecule has 1 fully saturated rings. The first kappa shape index (κ1) is 16.5. The third kappa shape index (κ3) is 3.28. The quantitative estimate of drug-likeness (QED) is 0.685. The van der Waals surface area contributed by atoms with Gasteiger partial charge in [0.15, 0.2) is 0 Å². The SMILES string of the molecule is COCNc1c(CCC2CCCC2)c2c(=O)[nH]c(=O)[nH]c2oc1=O. The van der Waals surface area contributed by atoms with Crippen LogP contribution in [0.25, 0.3) is 11.1 Å². The molecule has 0 unspecified atom stereocenters. The van der Waals surface area contributed by atoms with Crippen molar-refractivity contribution in [2.75, 3.05) is 19.2 Å². The summed E-state index contributed by atoms with van der Waals surface area (Å²) in [5.74, 6) is 0.601. The number of nitrogens with one attached hydrogen (secondary N) is 3. The van der Waals surface area contributed by atoms with Gasteiger partial charge in [0.1, 0.15) is 17.8 Å². The molecule has 0 amide bonds. The highest BCUT2D eigenvalue weighted by Gasteiger charge is 2.21. The Hall–Kier alpha value is -2.35. The first-order valence-electron chi connectivity index (χ1n) is 8.15. The third-order valence-corrected chi connectivity index (χ3v) is 4.58. The highest BCUT2D eigenvalue weighted by molar-refractivity contribution is 5.81. The molecule has 2 aromatic heterocycles. The summed E-state index contributed by atoms with van der Waals surface area (Å²) in [5.41, 5.74) is -1.17. The minimum atomic E-state index is -0.699. The number of ether oxygens (including phenoxy) is 1. The van der Waals surface area contributed by atoms with Gasteiger partial charge in [-0.3, -0.25) is 14.8 Å². The molecular weight excluding hydrogens is 314 g/mol. The Bertz CT molecular complexity index is 889. The Balaban J connectivity index is 2.10. The lowest BCUT2D eigenvalue weighted by atomic mass is 9.96. The standard InChI is InChI=1S/C16H21N3O5/c1-23-8-17-12-10(7-6-9-4-2-3-5-9)11-13(20)18-16(22)19-14(11)24-15(12)21/h9,17H,2-8H2,1H3,(H2,18,19,20,22). The smallest absolute Gasteiger partial charge is 0.361 e. The van der Waals surface area contributed by atoms with E-state index in [1.54, 1.807) is 0 Å². The van der Waals surface area contributed by atoms with Crippen LogP contribution in [0, 0.1) is 5.92 Å². The van der Waals surface area contributed by atoms with E-state index in [2.05, 4.69) is 15.3 Å². The van der Waals surface area contributed by atoms with E-state index < -0.39 is 16.9 Å². The van der Waals surface area contributed by atoms with Gasteiger partial charge < -0.3 is 14.5 Å². The van der Waals surface area contributed by atoms with Crippen molar-refractivity contribution >= 4 is 16.8 Å². The zero-order chi connectivity index (χ0) is 17.1. The lowest BCUT2D eigenvalue weighted by Gasteiger charge is -2.14. The maximum atomic E-state index is 12.3. The maximum Gasteiger partial charge on any atom is 0.361 e. The monoisotopic (exact) mass is 335 g/mol. The van der Waals surface area contributed by atoms with Crippen LogP contribution in [0.2, 0.25) is 0 Å². The van der Waals surface area contributed by atoms with Crippen LogP contribution in [-0.2, 0) is 11.2 Å². The van der Waals surface area contributed by atoms with Crippen molar-refractivity contribution in [1.29, 1.82) is 0 Å². The van der Waals surface area contributed by atoms with Crippen LogP contribution in [0.15, 0.2) is 18.8 Å². The Kier molecular flexibility index (Phi) is 4.84. The maximum absolute atomic E-state index is 12.3. The van der Waals surface area contributed by atoms with Gasteiger partial charge in [-0.2, -0.15) is 0 Å². The number of H-pyrrole nitrogens is 2. The number of rotatable bonds is 6. The molecule has 0 radical (unpaired) electrons. The highest BCUT2D eigenvalue weighted by atomic mass is 16.5. The Morgan fingerprint density at radius 1 is 1.21 bits per heavy atom. The Labute approximate surface area is 137 Å². The minimum absolute atomic E-state index is 0.0851. The lowest BCUT2D eigenvalue weighted by molar-refractivity contribution is 0.221. The fourth-order valence-electron chi connectivity index (χ4n) is 3.43. The molecule has 0 atom stereocenters. The predicted molar refractivity (Wildman–Crippen MR) is 89.5 cm³/mol. The fourth-order valence-corrected chi connectivity index (χ4v) is 3.43. The summed E-state index contributed by atoms with van der Waals surface area (Å²) in [6, 6.07) is 0. The van der Waals surface area contributed by atoms with Crippen molar-refractivity contribution in [2.45, 2.75) is 38.5 Å². The molecule has 2 heterocycles. The molecule has 130 valence electrons. The van der Waals surface area contributed by atoms with E-state index in [9.17, 15) is 14.4 Å². The highest BCUT2D eigenvalue weighted by Crippen LogP contribution is 2.30. The number of fused-ring (bicyclic) bond motifs is 1. The van der Waals surface area contributed by atoms with Crippen LogP contribution in [0.4, 0.5) is 5.69 Å². The summed E-state index contributed by atoms with van der Waals surface area (Å²) in [7, 11) is 1.50. The second-order valence-corrected chi connectivity index (χ2v) is 6.15. The van der Waals surface area contributed by atoms with Gasteiger partial charge in [-0.1, -0.05) is 25.7 Å². The van der Waals surface area contributed by atoms with Gasteiger partial charge in [-0.15, -0.1) is 0 Å². The molecule has 24 heavy (non-hydrogen) atoms. The van der Waals surface area contributed by atoms with Gasteiger partial charge in [0.2, 0.25) is 5.71 Å². The van der Waals surface area contributed by atoms with Gasteiger partial charge in [-0.05, 0) is 18.8 Å². The molecule has 0 aliphatic heterocycles. The zero-order valence-corrected chi connectivity index (χ0v) is 13.6. The van der Waals surface area contributed by atoms with E-state index in [1.807, 2.05) is 0 Å². The minimum Gasteiger partial charge on any atom is -0.404 e. The fraction of sp³-hybridized carbons (Fsp3) is 0.562. The molecule has 0 aromatic carbocycles. The normalized spacial score (nSPS) is 15.2. The second-order valence-electron chi connectivity index (χ2n) is 6.15. The molecule has 8 nitrogen and oxygen atoms in total. The number of anilines is 1. The molecule has 0 spiro atoms. The van der Waals surface area contributed by atoms with E-state index in [1.165, 1.54) is 32.8 Å². The van der Waals surface area contributed by atoms with Crippen molar-refractivity contribution in [3.8, 4) is 0 Å². The van der Waals surface area contributed by atoms with E-state index >= 15 is 0 Å². The summed E-state index contributed by atoms with van der Waals surface area (Å²) in [5, 5.41) is 3.08. The molecule has 0 bridgehead atoms. The van der Waals surface area contributed by atoms with Crippen molar-refractivity contribution in [1.82, 2.24) is 9.97 Å². The van der Waals surface area contributed by atoms with Crippen LogP contribution < -0.4 is 22.2 Å². The van der Waals surface area contributed by atoms with Crippen LogP contribution >= 0.6 is 0 Å². The number of aromatic amines is 2. The average Bonchev–Trinajstić information content (AvgIpc) is 3.04. The van der Waals surface area contributed by atoms with Crippen LogP contribution in [0.3, 0.4) is 0 Å². The molecule has 3 N–H and O–H groups in total. The molecule has 2 aromatic rings. The summed E-state index contributed by atoms with van der Waals surface area (Å²) < 4.78 is 10.1. The number of methoxy groups -OCH3 is 1. The Morgan fingerprint density at radius 2 is 1.96 bits per heavy atom. The summed E-state index contributed by atoms with van der Waals surface area (Å²) in [6.07, 6.45) is 6.25. The molecule has 8 heteroatoms. The number of hydrogen-bond acceptors (Lipinski definition) is 6. The molecule has 3 rings (SSSR count). The van der Waals surface area contributed by atoms with Gasteiger partial charge in [-0.25, -0.2) is 9.59 Å². The van der Waals surface area contributed by atoms with Crippen molar-refractivity contribution in [2.24, 2.45) is 5.92 Å². The summed E-state index contributed by atoms with van der Waals surface area (Å²) >= 11 is 0. The molecular formula is C16H21N3O5. The van der Waals surface area contributed by atoms with E-state index in [0.29, 0.717) is 17.9 Å². The van der Waals surface area contributed by atoms with Crippen LogP contribution in [0.1, 0.15) is 37.7 Å². The first-order valence-corrected chi connectivity index (χ1v) is 8.15. The third-order valence-electron chi connectivity index (χ3n) is 4.58. The topological polar surface area (TPSA) is 117 Å². The molecule has 1 saturated carbocycles. The van der Waals surface area contributed by atoms with E-state index in [4.69, 9.17) is 9.15 Å².